The Labute approximate surface area is 87.7 Å². The van der Waals surface area contributed by atoms with Crippen LogP contribution in [0.4, 0.5) is 0 Å². The number of hydrogen-bond donors (Lipinski definition) is 1. The van der Waals surface area contributed by atoms with Crippen molar-refractivity contribution in [2.45, 2.75) is 70.4 Å². The summed E-state index contributed by atoms with van der Waals surface area (Å²) in [6.45, 7) is 4.34. The van der Waals surface area contributed by atoms with Gasteiger partial charge < -0.3 is 0 Å². The molecule has 1 fully saturated rings. The fraction of sp³-hybridized carbons (Fsp3) is 0.917. The van der Waals surface area contributed by atoms with E-state index in [1.165, 1.54) is 25.7 Å². The Morgan fingerprint density at radius 1 is 1.29 bits per heavy atom. The first kappa shape index (κ1) is 11.5. The zero-order chi connectivity index (χ0) is 10.4. The minimum atomic E-state index is -0.216. The average molecular weight is 194 g/mol. The quantitative estimate of drug-likeness (QED) is 0.701. The molecule has 1 rings (SSSR count). The van der Waals surface area contributed by atoms with Crippen molar-refractivity contribution in [2.75, 3.05) is 0 Å². The maximum Gasteiger partial charge on any atom is 0.106 e. The lowest BCUT2D eigenvalue weighted by Gasteiger charge is -2.29. The standard InChI is InChI=1S/C12H22N2/c1-3-11(2)14-12(10-13)8-6-4-5-7-9-12/h11,14H,3-9H2,1-2H3. The molecule has 0 spiro atoms. The lowest BCUT2D eigenvalue weighted by molar-refractivity contribution is 0.324. The van der Waals surface area contributed by atoms with Crippen molar-refractivity contribution in [3.8, 4) is 6.07 Å². The van der Waals surface area contributed by atoms with E-state index >= 15 is 0 Å². The van der Waals surface area contributed by atoms with Gasteiger partial charge in [-0.05, 0) is 26.2 Å². The summed E-state index contributed by atoms with van der Waals surface area (Å²) in [5.74, 6) is 0. The molecule has 14 heavy (non-hydrogen) atoms. The van der Waals surface area contributed by atoms with Gasteiger partial charge in [-0.2, -0.15) is 5.26 Å². The maximum absolute atomic E-state index is 9.30. The van der Waals surface area contributed by atoms with Gasteiger partial charge in [0.2, 0.25) is 0 Å². The average Bonchev–Trinajstić information content (AvgIpc) is 2.44. The van der Waals surface area contributed by atoms with Crippen molar-refractivity contribution in [1.29, 1.82) is 5.26 Å². The normalized spacial score (nSPS) is 23.5. The summed E-state index contributed by atoms with van der Waals surface area (Å²) in [6.07, 6.45) is 8.18. The third-order valence-corrected chi connectivity index (χ3v) is 3.31. The molecule has 1 aliphatic rings. The number of nitrogens with one attached hydrogen (secondary N) is 1. The fourth-order valence-electron chi connectivity index (χ4n) is 2.19. The Hall–Kier alpha value is -0.550. The van der Waals surface area contributed by atoms with Gasteiger partial charge in [-0.15, -0.1) is 0 Å². The van der Waals surface area contributed by atoms with Crippen molar-refractivity contribution >= 4 is 0 Å². The van der Waals surface area contributed by atoms with E-state index in [0.29, 0.717) is 6.04 Å². The smallest absolute Gasteiger partial charge is 0.106 e. The molecule has 1 unspecified atom stereocenters. The highest BCUT2D eigenvalue weighted by atomic mass is 15.0. The molecule has 0 aliphatic heterocycles. The molecule has 1 aliphatic carbocycles. The molecule has 0 saturated heterocycles. The van der Waals surface area contributed by atoms with E-state index < -0.39 is 0 Å². The van der Waals surface area contributed by atoms with Crippen LogP contribution in [0.5, 0.6) is 0 Å². The van der Waals surface area contributed by atoms with Crippen LogP contribution in [-0.2, 0) is 0 Å². The van der Waals surface area contributed by atoms with Crippen molar-refractivity contribution in [2.24, 2.45) is 0 Å². The van der Waals surface area contributed by atoms with Crippen LogP contribution in [0.15, 0.2) is 0 Å². The van der Waals surface area contributed by atoms with Gasteiger partial charge in [-0.1, -0.05) is 32.6 Å². The Morgan fingerprint density at radius 2 is 1.86 bits per heavy atom. The molecule has 1 N–H and O–H groups in total. The predicted octanol–water partition coefficient (Wildman–Crippen LogP) is 2.99. The number of hydrogen-bond acceptors (Lipinski definition) is 2. The molecule has 0 heterocycles. The second kappa shape index (κ2) is 5.36. The molecule has 1 atom stereocenters. The Bertz CT molecular complexity index is 197. The first-order valence-electron chi connectivity index (χ1n) is 5.91. The number of nitriles is 1. The molecule has 0 radical (unpaired) electrons. The van der Waals surface area contributed by atoms with Gasteiger partial charge in [-0.3, -0.25) is 5.32 Å². The maximum atomic E-state index is 9.30. The molecular weight excluding hydrogens is 172 g/mol. The van der Waals surface area contributed by atoms with Gasteiger partial charge in [-0.25, -0.2) is 0 Å². The van der Waals surface area contributed by atoms with Crippen LogP contribution >= 0.6 is 0 Å². The van der Waals surface area contributed by atoms with Crippen LogP contribution in [-0.4, -0.2) is 11.6 Å². The van der Waals surface area contributed by atoms with Gasteiger partial charge in [0.05, 0.1) is 6.07 Å². The largest absolute Gasteiger partial charge is 0.297 e. The monoisotopic (exact) mass is 194 g/mol. The molecule has 0 bridgehead atoms. The number of nitrogens with zero attached hydrogens (tertiary/aromatic N) is 1. The van der Waals surface area contributed by atoms with E-state index in [1.54, 1.807) is 0 Å². The molecule has 2 heteroatoms. The van der Waals surface area contributed by atoms with Crippen LogP contribution in [0.3, 0.4) is 0 Å². The molecule has 1 saturated carbocycles. The molecule has 0 aromatic rings. The van der Waals surface area contributed by atoms with E-state index in [1.807, 2.05) is 0 Å². The zero-order valence-corrected chi connectivity index (χ0v) is 9.47. The van der Waals surface area contributed by atoms with Gasteiger partial charge in [0.25, 0.3) is 0 Å². The summed E-state index contributed by atoms with van der Waals surface area (Å²) in [5, 5.41) is 12.8. The Balaban J connectivity index is 2.59. The van der Waals surface area contributed by atoms with Gasteiger partial charge >= 0.3 is 0 Å². The summed E-state index contributed by atoms with van der Waals surface area (Å²) in [7, 11) is 0. The lowest BCUT2D eigenvalue weighted by atomic mass is 9.91. The van der Waals surface area contributed by atoms with Crippen molar-refractivity contribution in [3.05, 3.63) is 0 Å². The molecule has 0 aromatic heterocycles. The van der Waals surface area contributed by atoms with E-state index in [9.17, 15) is 5.26 Å². The number of rotatable bonds is 3. The highest BCUT2D eigenvalue weighted by Crippen LogP contribution is 2.27. The summed E-state index contributed by atoms with van der Waals surface area (Å²) in [6, 6.07) is 2.98. The van der Waals surface area contributed by atoms with E-state index in [4.69, 9.17) is 0 Å². The minimum absolute atomic E-state index is 0.216. The van der Waals surface area contributed by atoms with Crippen LogP contribution in [0, 0.1) is 11.3 Å². The van der Waals surface area contributed by atoms with Crippen molar-refractivity contribution in [1.82, 2.24) is 5.32 Å². The molecule has 0 aromatic carbocycles. The van der Waals surface area contributed by atoms with Crippen molar-refractivity contribution in [3.63, 3.8) is 0 Å². The zero-order valence-electron chi connectivity index (χ0n) is 9.47. The Kier molecular flexibility index (Phi) is 4.41. The van der Waals surface area contributed by atoms with E-state index in [0.717, 1.165) is 19.3 Å². The minimum Gasteiger partial charge on any atom is -0.297 e. The second-order valence-electron chi connectivity index (χ2n) is 4.56. The van der Waals surface area contributed by atoms with Crippen LogP contribution in [0.1, 0.15) is 58.8 Å². The van der Waals surface area contributed by atoms with Crippen LogP contribution in [0.2, 0.25) is 0 Å². The van der Waals surface area contributed by atoms with Gasteiger partial charge in [0.1, 0.15) is 5.54 Å². The predicted molar refractivity (Wildman–Crippen MR) is 58.9 cm³/mol. The molecule has 2 nitrogen and oxygen atoms in total. The topological polar surface area (TPSA) is 35.8 Å². The SMILES string of the molecule is CCC(C)NC1(C#N)CCCCCC1. The Morgan fingerprint density at radius 3 is 2.29 bits per heavy atom. The first-order valence-corrected chi connectivity index (χ1v) is 5.91. The summed E-state index contributed by atoms with van der Waals surface area (Å²) < 4.78 is 0. The third-order valence-electron chi connectivity index (χ3n) is 3.31. The lowest BCUT2D eigenvalue weighted by Crippen LogP contribution is -2.47. The van der Waals surface area contributed by atoms with E-state index in [2.05, 4.69) is 25.2 Å². The van der Waals surface area contributed by atoms with Crippen molar-refractivity contribution < 1.29 is 0 Å². The van der Waals surface area contributed by atoms with E-state index in [-0.39, 0.29) is 5.54 Å². The van der Waals surface area contributed by atoms with Crippen LogP contribution in [0.25, 0.3) is 0 Å². The van der Waals surface area contributed by atoms with Gasteiger partial charge in [0.15, 0.2) is 0 Å². The summed E-state index contributed by atoms with van der Waals surface area (Å²) >= 11 is 0. The fourth-order valence-corrected chi connectivity index (χ4v) is 2.19. The summed E-state index contributed by atoms with van der Waals surface area (Å²) in [4.78, 5) is 0. The summed E-state index contributed by atoms with van der Waals surface area (Å²) in [5.41, 5.74) is -0.216. The highest BCUT2D eigenvalue weighted by Gasteiger charge is 2.31. The van der Waals surface area contributed by atoms with Gasteiger partial charge in [0, 0.05) is 6.04 Å². The second-order valence-corrected chi connectivity index (χ2v) is 4.56. The molecule has 80 valence electrons. The highest BCUT2D eigenvalue weighted by molar-refractivity contribution is 5.08. The first-order chi connectivity index (χ1) is 6.72. The molecule has 0 amide bonds. The molecular formula is C12H22N2. The third kappa shape index (κ3) is 2.99. The van der Waals surface area contributed by atoms with Crippen LogP contribution < -0.4 is 5.32 Å².